The van der Waals surface area contributed by atoms with E-state index in [9.17, 15) is 0 Å². The van der Waals surface area contributed by atoms with Crippen LogP contribution in [0.15, 0.2) is 203 Å². The van der Waals surface area contributed by atoms with Crippen molar-refractivity contribution in [1.29, 1.82) is 0 Å². The van der Waals surface area contributed by atoms with Crippen LogP contribution in [0.2, 0.25) is 0 Å². The van der Waals surface area contributed by atoms with Crippen LogP contribution in [0, 0.1) is 0 Å². The van der Waals surface area contributed by atoms with E-state index in [1.54, 1.807) is 0 Å². The molecule has 0 aliphatic heterocycles. The standard InChI is InChI=1S/C50H32N2O2/c1-4-15-33(16-5-1)51(34-17-6-2-7-18-34)37-28-30-43-47(32-37)54-50-42-29-27-36(31-44(42)38-21-10-11-23-40(38)48(43)50)52(35-19-8-3-9-20-35)45-25-14-24-41-39-22-12-13-26-46(39)53-49(41)45/h1-32H. The second-order valence-electron chi connectivity index (χ2n) is 13.7. The molecule has 11 rings (SSSR count). The van der Waals surface area contributed by atoms with Gasteiger partial charge in [-0.25, -0.2) is 0 Å². The van der Waals surface area contributed by atoms with Crippen LogP contribution >= 0.6 is 0 Å². The molecule has 2 aromatic heterocycles. The molecule has 11 aromatic rings. The maximum absolute atomic E-state index is 6.94. The van der Waals surface area contributed by atoms with Crippen molar-refractivity contribution in [1.82, 2.24) is 0 Å². The molecule has 0 bridgehead atoms. The second-order valence-corrected chi connectivity index (χ2v) is 13.7. The van der Waals surface area contributed by atoms with Crippen LogP contribution in [0.3, 0.4) is 0 Å². The number of anilines is 6. The van der Waals surface area contributed by atoms with E-state index in [1.807, 2.05) is 12.1 Å². The van der Waals surface area contributed by atoms with Gasteiger partial charge >= 0.3 is 0 Å². The van der Waals surface area contributed by atoms with E-state index >= 15 is 0 Å². The highest BCUT2D eigenvalue weighted by Gasteiger charge is 2.22. The molecule has 0 aliphatic carbocycles. The molecular weight excluding hydrogens is 661 g/mol. The lowest BCUT2D eigenvalue weighted by Crippen LogP contribution is -2.10. The Bertz CT molecular complexity index is 3130. The van der Waals surface area contributed by atoms with Crippen molar-refractivity contribution in [2.75, 3.05) is 9.80 Å². The molecule has 2 heterocycles. The number of rotatable bonds is 6. The van der Waals surface area contributed by atoms with Crippen molar-refractivity contribution >= 4 is 99.5 Å². The van der Waals surface area contributed by atoms with Crippen molar-refractivity contribution in [2.45, 2.75) is 0 Å². The summed E-state index contributed by atoms with van der Waals surface area (Å²) in [6, 6.07) is 68.2. The third kappa shape index (κ3) is 4.70. The SMILES string of the molecule is c1ccc(N(c2ccccc2)c2ccc3c(c2)oc2c4ccc(N(c5ccccc5)c5cccc6c5oc5ccccc56)cc4c4ccccc4c32)cc1. The van der Waals surface area contributed by atoms with Crippen molar-refractivity contribution in [2.24, 2.45) is 0 Å². The van der Waals surface area contributed by atoms with Gasteiger partial charge in [0.25, 0.3) is 0 Å². The van der Waals surface area contributed by atoms with Gasteiger partial charge in [0, 0.05) is 61.4 Å². The molecule has 0 N–H and O–H groups in total. The Morgan fingerprint density at radius 1 is 0.278 bits per heavy atom. The Labute approximate surface area is 311 Å². The van der Waals surface area contributed by atoms with Gasteiger partial charge in [-0.05, 0) is 95.0 Å². The van der Waals surface area contributed by atoms with E-state index in [0.717, 1.165) is 94.2 Å². The maximum atomic E-state index is 6.94. The highest BCUT2D eigenvalue weighted by molar-refractivity contribution is 6.30. The van der Waals surface area contributed by atoms with Crippen molar-refractivity contribution < 1.29 is 8.83 Å². The molecule has 9 aromatic carbocycles. The largest absolute Gasteiger partial charge is 0.455 e. The average molecular weight is 693 g/mol. The minimum atomic E-state index is 0.851. The fourth-order valence-electron chi connectivity index (χ4n) is 8.22. The molecule has 0 aliphatic rings. The summed E-state index contributed by atoms with van der Waals surface area (Å²) >= 11 is 0. The minimum Gasteiger partial charge on any atom is -0.455 e. The summed E-state index contributed by atoms with van der Waals surface area (Å²) in [5.74, 6) is 0. The molecule has 254 valence electrons. The number of furan rings is 2. The van der Waals surface area contributed by atoms with Gasteiger partial charge in [0.1, 0.15) is 16.7 Å². The molecule has 0 saturated heterocycles. The molecule has 0 saturated carbocycles. The first kappa shape index (κ1) is 30.3. The summed E-state index contributed by atoms with van der Waals surface area (Å²) < 4.78 is 13.5. The molecule has 0 radical (unpaired) electrons. The van der Waals surface area contributed by atoms with Gasteiger partial charge in [0.05, 0.1) is 5.69 Å². The van der Waals surface area contributed by atoms with Crippen LogP contribution in [-0.4, -0.2) is 0 Å². The quantitative estimate of drug-likeness (QED) is 0.162. The van der Waals surface area contributed by atoms with Gasteiger partial charge in [-0.1, -0.05) is 109 Å². The van der Waals surface area contributed by atoms with E-state index in [2.05, 4.69) is 192 Å². The summed E-state index contributed by atoms with van der Waals surface area (Å²) in [6.45, 7) is 0. The Balaban J connectivity index is 1.14. The number of benzene rings is 9. The lowest BCUT2D eigenvalue weighted by molar-refractivity contribution is 0.669. The van der Waals surface area contributed by atoms with Gasteiger partial charge in [-0.3, -0.25) is 0 Å². The van der Waals surface area contributed by atoms with E-state index < -0.39 is 0 Å². The van der Waals surface area contributed by atoms with E-state index in [4.69, 9.17) is 8.83 Å². The molecule has 0 unspecified atom stereocenters. The third-order valence-electron chi connectivity index (χ3n) is 10.6. The molecule has 0 amide bonds. The fourth-order valence-corrected chi connectivity index (χ4v) is 8.22. The van der Waals surface area contributed by atoms with Gasteiger partial charge in [-0.15, -0.1) is 0 Å². The first-order chi connectivity index (χ1) is 26.8. The normalized spacial score (nSPS) is 11.7. The average Bonchev–Trinajstić information content (AvgIpc) is 3.82. The van der Waals surface area contributed by atoms with Crippen LogP contribution in [0.4, 0.5) is 34.1 Å². The van der Waals surface area contributed by atoms with Crippen molar-refractivity contribution in [3.8, 4) is 0 Å². The highest BCUT2D eigenvalue weighted by atomic mass is 16.3. The molecule has 0 atom stereocenters. The maximum Gasteiger partial charge on any atom is 0.159 e. The first-order valence-corrected chi connectivity index (χ1v) is 18.3. The van der Waals surface area contributed by atoms with E-state index in [0.29, 0.717) is 0 Å². The minimum absolute atomic E-state index is 0.851. The van der Waals surface area contributed by atoms with Crippen LogP contribution in [0.25, 0.3) is 65.4 Å². The van der Waals surface area contributed by atoms with E-state index in [1.165, 1.54) is 5.39 Å². The summed E-state index contributed by atoms with van der Waals surface area (Å²) in [6.07, 6.45) is 0. The zero-order chi connectivity index (χ0) is 35.6. The van der Waals surface area contributed by atoms with Crippen LogP contribution in [0.5, 0.6) is 0 Å². The summed E-state index contributed by atoms with van der Waals surface area (Å²) in [7, 11) is 0. The third-order valence-corrected chi connectivity index (χ3v) is 10.6. The van der Waals surface area contributed by atoms with Crippen LogP contribution in [-0.2, 0) is 0 Å². The van der Waals surface area contributed by atoms with Gasteiger partial charge in [-0.2, -0.15) is 0 Å². The molecule has 0 fully saturated rings. The summed E-state index contributed by atoms with van der Waals surface area (Å²) in [5.41, 5.74) is 9.75. The zero-order valence-electron chi connectivity index (χ0n) is 29.2. The van der Waals surface area contributed by atoms with Crippen molar-refractivity contribution in [3.63, 3.8) is 0 Å². The first-order valence-electron chi connectivity index (χ1n) is 18.3. The van der Waals surface area contributed by atoms with Crippen LogP contribution < -0.4 is 9.80 Å². The number of hydrogen-bond donors (Lipinski definition) is 0. The summed E-state index contributed by atoms with van der Waals surface area (Å²) in [4.78, 5) is 4.58. The zero-order valence-corrected chi connectivity index (χ0v) is 29.2. The molecular formula is C50H32N2O2. The number of para-hydroxylation sites is 5. The predicted octanol–water partition coefficient (Wildman–Crippen LogP) is 14.7. The molecule has 54 heavy (non-hydrogen) atoms. The fraction of sp³-hybridized carbons (Fsp3) is 0. The number of nitrogens with zero attached hydrogens (tertiary/aromatic N) is 2. The number of fused-ring (bicyclic) bond motifs is 11. The van der Waals surface area contributed by atoms with E-state index in [-0.39, 0.29) is 0 Å². The second kappa shape index (κ2) is 12.1. The molecule has 0 spiro atoms. The monoisotopic (exact) mass is 692 g/mol. The molecule has 4 heteroatoms. The lowest BCUT2D eigenvalue weighted by Gasteiger charge is -2.26. The summed E-state index contributed by atoms with van der Waals surface area (Å²) in [5, 5.41) is 8.97. The highest BCUT2D eigenvalue weighted by Crippen LogP contribution is 2.47. The smallest absolute Gasteiger partial charge is 0.159 e. The Kier molecular flexibility index (Phi) is 6.82. The predicted molar refractivity (Wildman–Crippen MR) is 225 cm³/mol. The van der Waals surface area contributed by atoms with Gasteiger partial charge < -0.3 is 18.6 Å². The topological polar surface area (TPSA) is 32.8 Å². The van der Waals surface area contributed by atoms with Crippen LogP contribution in [0.1, 0.15) is 0 Å². The number of hydrogen-bond acceptors (Lipinski definition) is 4. The van der Waals surface area contributed by atoms with Gasteiger partial charge in [0.2, 0.25) is 0 Å². The Morgan fingerprint density at radius 3 is 1.50 bits per heavy atom. The Hall–Kier alpha value is -7.30. The van der Waals surface area contributed by atoms with Crippen molar-refractivity contribution in [3.05, 3.63) is 194 Å². The molecule has 4 nitrogen and oxygen atoms in total. The Morgan fingerprint density at radius 2 is 0.796 bits per heavy atom. The van der Waals surface area contributed by atoms with Gasteiger partial charge in [0.15, 0.2) is 5.58 Å². The lowest BCUT2D eigenvalue weighted by atomic mass is 9.96.